The molecule has 1 aliphatic carbocycles. The lowest BCUT2D eigenvalue weighted by Crippen LogP contribution is -2.30. The van der Waals surface area contributed by atoms with Gasteiger partial charge in [0.05, 0.1) is 0 Å². The number of H-pyrrole nitrogens is 1. The van der Waals surface area contributed by atoms with Gasteiger partial charge in [0.25, 0.3) is 0 Å². The van der Waals surface area contributed by atoms with E-state index >= 15 is 0 Å². The average Bonchev–Trinajstić information content (AvgIpc) is 2.81. The molecular weight excluding hydrogens is 227 g/mol. The number of hydrogen-bond acceptors (Lipinski definition) is 1. The molecule has 0 amide bonds. The Hall–Kier alpha value is -1.35. The standard InChI is InChI=1S/C15H19FN2/c1-17-12-4-2-3-10(7-12)14-9-18-15-6-5-11(16)8-13(14)15/h5-6,8-10,12,17-18H,2-4,7H2,1H3. The fraction of sp³-hybridized carbons (Fsp3) is 0.467. The Morgan fingerprint density at radius 2 is 2.22 bits per heavy atom. The minimum Gasteiger partial charge on any atom is -0.361 e. The van der Waals surface area contributed by atoms with Crippen LogP contribution in [0.2, 0.25) is 0 Å². The quantitative estimate of drug-likeness (QED) is 0.833. The van der Waals surface area contributed by atoms with E-state index in [2.05, 4.69) is 16.5 Å². The van der Waals surface area contributed by atoms with Crippen molar-refractivity contribution >= 4 is 10.9 Å². The number of nitrogens with one attached hydrogen (secondary N) is 2. The van der Waals surface area contributed by atoms with Gasteiger partial charge in [-0.05, 0) is 56.0 Å². The number of fused-ring (bicyclic) bond motifs is 1. The van der Waals surface area contributed by atoms with Crippen LogP contribution in [-0.2, 0) is 0 Å². The molecule has 0 radical (unpaired) electrons. The van der Waals surface area contributed by atoms with Gasteiger partial charge in [-0.15, -0.1) is 0 Å². The van der Waals surface area contributed by atoms with Crippen molar-refractivity contribution in [3.63, 3.8) is 0 Å². The van der Waals surface area contributed by atoms with Gasteiger partial charge in [-0.3, -0.25) is 0 Å². The molecule has 18 heavy (non-hydrogen) atoms. The van der Waals surface area contributed by atoms with Gasteiger partial charge in [0.1, 0.15) is 5.82 Å². The zero-order valence-corrected chi connectivity index (χ0v) is 10.7. The molecule has 1 saturated carbocycles. The van der Waals surface area contributed by atoms with Crippen molar-refractivity contribution < 1.29 is 4.39 Å². The molecular formula is C15H19FN2. The Morgan fingerprint density at radius 3 is 3.06 bits per heavy atom. The molecule has 1 fully saturated rings. The summed E-state index contributed by atoms with van der Waals surface area (Å²) in [4.78, 5) is 3.26. The molecule has 3 heteroatoms. The second kappa shape index (κ2) is 4.73. The molecule has 2 nitrogen and oxygen atoms in total. The van der Waals surface area contributed by atoms with E-state index in [9.17, 15) is 4.39 Å². The first-order valence-electron chi connectivity index (χ1n) is 6.71. The lowest BCUT2D eigenvalue weighted by molar-refractivity contribution is 0.356. The summed E-state index contributed by atoms with van der Waals surface area (Å²) < 4.78 is 13.4. The topological polar surface area (TPSA) is 27.8 Å². The fourth-order valence-electron chi connectivity index (χ4n) is 3.19. The Labute approximate surface area is 107 Å². The summed E-state index contributed by atoms with van der Waals surface area (Å²) in [6, 6.07) is 5.60. The number of rotatable bonds is 2. The molecule has 0 aliphatic heterocycles. The van der Waals surface area contributed by atoms with E-state index in [0.717, 1.165) is 17.3 Å². The van der Waals surface area contributed by atoms with E-state index in [4.69, 9.17) is 0 Å². The maximum atomic E-state index is 13.4. The summed E-state index contributed by atoms with van der Waals surface area (Å²) in [6.45, 7) is 0. The molecule has 0 spiro atoms. The number of benzene rings is 1. The highest BCUT2D eigenvalue weighted by Crippen LogP contribution is 2.36. The van der Waals surface area contributed by atoms with Gasteiger partial charge >= 0.3 is 0 Å². The minimum absolute atomic E-state index is 0.149. The highest BCUT2D eigenvalue weighted by atomic mass is 19.1. The van der Waals surface area contributed by atoms with Gasteiger partial charge in [-0.25, -0.2) is 4.39 Å². The van der Waals surface area contributed by atoms with E-state index in [-0.39, 0.29) is 5.82 Å². The molecule has 2 aromatic rings. The smallest absolute Gasteiger partial charge is 0.123 e. The van der Waals surface area contributed by atoms with E-state index in [1.807, 2.05) is 13.1 Å². The van der Waals surface area contributed by atoms with Crippen molar-refractivity contribution in [2.45, 2.75) is 37.6 Å². The fourth-order valence-corrected chi connectivity index (χ4v) is 3.19. The Kier molecular flexibility index (Phi) is 3.08. The van der Waals surface area contributed by atoms with Crippen LogP contribution in [0.4, 0.5) is 4.39 Å². The molecule has 3 rings (SSSR count). The summed E-state index contributed by atoms with van der Waals surface area (Å²) in [6.07, 6.45) is 6.93. The number of halogens is 1. The lowest BCUT2D eigenvalue weighted by Gasteiger charge is -2.28. The predicted molar refractivity (Wildman–Crippen MR) is 72.3 cm³/mol. The average molecular weight is 246 g/mol. The first-order valence-corrected chi connectivity index (χ1v) is 6.71. The highest BCUT2D eigenvalue weighted by molar-refractivity contribution is 5.83. The van der Waals surface area contributed by atoms with Crippen molar-refractivity contribution in [1.82, 2.24) is 10.3 Å². The summed E-state index contributed by atoms with van der Waals surface area (Å²) in [5, 5.41) is 4.42. The van der Waals surface area contributed by atoms with Crippen molar-refractivity contribution in [2.75, 3.05) is 7.05 Å². The second-order valence-electron chi connectivity index (χ2n) is 5.28. The van der Waals surface area contributed by atoms with Crippen LogP contribution >= 0.6 is 0 Å². The van der Waals surface area contributed by atoms with Crippen LogP contribution in [0.25, 0.3) is 10.9 Å². The van der Waals surface area contributed by atoms with Crippen molar-refractivity contribution in [3.05, 3.63) is 35.8 Å². The Balaban J connectivity index is 1.96. The lowest BCUT2D eigenvalue weighted by atomic mass is 9.81. The Bertz CT molecular complexity index is 546. The molecule has 1 aromatic heterocycles. The molecule has 2 N–H and O–H groups in total. The molecule has 1 aliphatic rings. The third-order valence-electron chi connectivity index (χ3n) is 4.20. The monoisotopic (exact) mass is 246 g/mol. The maximum absolute atomic E-state index is 13.4. The van der Waals surface area contributed by atoms with E-state index in [1.165, 1.54) is 30.9 Å². The third kappa shape index (κ3) is 2.03. The van der Waals surface area contributed by atoms with Crippen LogP contribution in [0, 0.1) is 5.82 Å². The summed E-state index contributed by atoms with van der Waals surface area (Å²) in [5.41, 5.74) is 2.32. The SMILES string of the molecule is CNC1CCCC(c2c[nH]c3ccc(F)cc23)C1. The van der Waals surface area contributed by atoms with E-state index in [1.54, 1.807) is 6.07 Å². The summed E-state index contributed by atoms with van der Waals surface area (Å²) in [7, 11) is 2.03. The zero-order chi connectivity index (χ0) is 12.5. The van der Waals surface area contributed by atoms with Crippen molar-refractivity contribution in [3.8, 4) is 0 Å². The van der Waals surface area contributed by atoms with Crippen LogP contribution < -0.4 is 5.32 Å². The third-order valence-corrected chi connectivity index (χ3v) is 4.20. The van der Waals surface area contributed by atoms with Crippen LogP contribution in [0.15, 0.2) is 24.4 Å². The molecule has 2 unspecified atom stereocenters. The molecule has 1 heterocycles. The molecule has 0 saturated heterocycles. The van der Waals surface area contributed by atoms with Gasteiger partial charge in [0, 0.05) is 23.1 Å². The molecule has 1 aromatic carbocycles. The van der Waals surface area contributed by atoms with E-state index in [0.29, 0.717) is 12.0 Å². The highest BCUT2D eigenvalue weighted by Gasteiger charge is 2.24. The number of aromatic nitrogens is 1. The Morgan fingerprint density at radius 1 is 1.33 bits per heavy atom. The normalized spacial score (nSPS) is 24.6. The van der Waals surface area contributed by atoms with Crippen LogP contribution in [0.3, 0.4) is 0 Å². The van der Waals surface area contributed by atoms with Gasteiger partial charge in [0.2, 0.25) is 0 Å². The van der Waals surface area contributed by atoms with Gasteiger partial charge in [-0.2, -0.15) is 0 Å². The van der Waals surface area contributed by atoms with Gasteiger partial charge in [-0.1, -0.05) is 6.42 Å². The predicted octanol–water partition coefficient (Wildman–Crippen LogP) is 3.55. The zero-order valence-electron chi connectivity index (χ0n) is 10.7. The largest absolute Gasteiger partial charge is 0.361 e. The first kappa shape index (κ1) is 11.7. The van der Waals surface area contributed by atoms with Crippen LogP contribution in [-0.4, -0.2) is 18.1 Å². The second-order valence-corrected chi connectivity index (χ2v) is 5.28. The molecule has 0 bridgehead atoms. The summed E-state index contributed by atoms with van der Waals surface area (Å²) >= 11 is 0. The summed E-state index contributed by atoms with van der Waals surface area (Å²) in [5.74, 6) is 0.399. The van der Waals surface area contributed by atoms with Gasteiger partial charge in [0.15, 0.2) is 0 Å². The van der Waals surface area contributed by atoms with E-state index < -0.39 is 0 Å². The first-order chi connectivity index (χ1) is 8.78. The number of aromatic amines is 1. The van der Waals surface area contributed by atoms with Crippen molar-refractivity contribution in [2.24, 2.45) is 0 Å². The molecule has 2 atom stereocenters. The maximum Gasteiger partial charge on any atom is 0.123 e. The number of hydrogen-bond donors (Lipinski definition) is 2. The van der Waals surface area contributed by atoms with Crippen molar-refractivity contribution in [1.29, 1.82) is 0 Å². The van der Waals surface area contributed by atoms with Gasteiger partial charge < -0.3 is 10.3 Å². The van der Waals surface area contributed by atoms with Crippen LogP contribution in [0.5, 0.6) is 0 Å². The minimum atomic E-state index is -0.149. The molecule has 96 valence electrons. The van der Waals surface area contributed by atoms with Crippen LogP contribution in [0.1, 0.15) is 37.2 Å².